The Kier molecular flexibility index (Phi) is 3.57. The van der Waals surface area contributed by atoms with Gasteiger partial charge in [0.05, 0.1) is 5.56 Å². The fourth-order valence-electron chi connectivity index (χ4n) is 1.65. The minimum Gasteiger partial charge on any atom is -0.478 e. The number of urea groups is 1. The molecule has 2 amide bonds. The van der Waals surface area contributed by atoms with Crippen LogP contribution in [0, 0.1) is 13.8 Å². The Balaban J connectivity index is 2.10. The van der Waals surface area contributed by atoms with Crippen molar-refractivity contribution in [2.45, 2.75) is 13.8 Å². The number of aromatic carboxylic acids is 1. The molecule has 2 rings (SSSR count). The second-order valence-corrected chi connectivity index (χ2v) is 4.90. The van der Waals surface area contributed by atoms with Crippen molar-refractivity contribution in [3.8, 4) is 0 Å². The number of aryl methyl sites for hydroxylation is 2. The zero-order valence-corrected chi connectivity index (χ0v) is 11.2. The van der Waals surface area contributed by atoms with Gasteiger partial charge in [-0.2, -0.15) is 0 Å². The maximum atomic E-state index is 11.8. The summed E-state index contributed by atoms with van der Waals surface area (Å²) in [6, 6.07) is 4.73. The van der Waals surface area contributed by atoms with Gasteiger partial charge in [0.25, 0.3) is 0 Å². The highest BCUT2D eigenvalue weighted by molar-refractivity contribution is 7.14. The van der Waals surface area contributed by atoms with Gasteiger partial charge in [-0.3, -0.25) is 9.99 Å². The minimum absolute atomic E-state index is 0.0844. The number of thiophene rings is 1. The maximum Gasteiger partial charge on any atom is 0.338 e. The van der Waals surface area contributed by atoms with Crippen LogP contribution in [0.25, 0.3) is 0 Å². The average Bonchev–Trinajstić information content (AvgIpc) is 2.91. The zero-order chi connectivity index (χ0) is 14.0. The number of aromatic nitrogens is 1. The molecular formula is C12H13N3O3S. The molecule has 0 aliphatic rings. The Labute approximate surface area is 113 Å². The van der Waals surface area contributed by atoms with Crippen LogP contribution < -0.4 is 10.7 Å². The zero-order valence-electron chi connectivity index (χ0n) is 10.4. The number of carboxylic acid groups (broad SMARTS) is 1. The summed E-state index contributed by atoms with van der Waals surface area (Å²) < 4.78 is 1.63. The summed E-state index contributed by atoms with van der Waals surface area (Å²) in [5, 5.41) is 13.4. The van der Waals surface area contributed by atoms with E-state index < -0.39 is 12.0 Å². The Morgan fingerprint density at radius 1 is 1.21 bits per heavy atom. The molecule has 0 fully saturated rings. The van der Waals surface area contributed by atoms with E-state index in [0.29, 0.717) is 5.00 Å². The van der Waals surface area contributed by atoms with Crippen molar-refractivity contribution >= 4 is 28.3 Å². The van der Waals surface area contributed by atoms with Crippen LogP contribution >= 0.6 is 11.3 Å². The first-order chi connectivity index (χ1) is 8.99. The Morgan fingerprint density at radius 3 is 2.42 bits per heavy atom. The lowest BCUT2D eigenvalue weighted by Crippen LogP contribution is -2.29. The molecule has 2 aromatic rings. The number of hydrogen-bond donors (Lipinski definition) is 3. The number of nitrogens with zero attached hydrogens (tertiary/aromatic N) is 1. The number of nitrogens with one attached hydrogen (secondary N) is 2. The van der Waals surface area contributed by atoms with Crippen molar-refractivity contribution in [2.24, 2.45) is 0 Å². The Bertz CT molecular complexity index is 610. The molecule has 0 bridgehead atoms. The lowest BCUT2D eigenvalue weighted by molar-refractivity contribution is 0.0698. The third-order valence-electron chi connectivity index (χ3n) is 2.61. The van der Waals surface area contributed by atoms with Gasteiger partial charge in [-0.05, 0) is 37.4 Å². The van der Waals surface area contributed by atoms with Crippen molar-refractivity contribution in [3.05, 3.63) is 40.5 Å². The van der Waals surface area contributed by atoms with Crippen LogP contribution in [0.5, 0.6) is 0 Å². The molecule has 7 heteroatoms. The van der Waals surface area contributed by atoms with E-state index in [-0.39, 0.29) is 5.56 Å². The van der Waals surface area contributed by atoms with Gasteiger partial charge in [0.15, 0.2) is 0 Å². The molecule has 19 heavy (non-hydrogen) atoms. The van der Waals surface area contributed by atoms with Gasteiger partial charge in [-0.25, -0.2) is 15.0 Å². The fourth-order valence-corrected chi connectivity index (χ4v) is 2.43. The first kappa shape index (κ1) is 13.2. The highest BCUT2D eigenvalue weighted by atomic mass is 32.1. The lowest BCUT2D eigenvalue weighted by atomic mass is 10.3. The number of carbonyl (C=O) groups excluding carboxylic acids is 1. The second-order valence-electron chi connectivity index (χ2n) is 3.99. The van der Waals surface area contributed by atoms with Gasteiger partial charge >= 0.3 is 12.0 Å². The largest absolute Gasteiger partial charge is 0.478 e. The number of carbonyl (C=O) groups is 2. The smallest absolute Gasteiger partial charge is 0.338 e. The summed E-state index contributed by atoms with van der Waals surface area (Å²) in [5.41, 5.74) is 4.50. The summed E-state index contributed by atoms with van der Waals surface area (Å²) in [7, 11) is 0. The second kappa shape index (κ2) is 5.15. The van der Waals surface area contributed by atoms with Gasteiger partial charge in [0, 0.05) is 11.4 Å². The predicted molar refractivity (Wildman–Crippen MR) is 73.6 cm³/mol. The van der Waals surface area contributed by atoms with E-state index in [2.05, 4.69) is 10.7 Å². The van der Waals surface area contributed by atoms with E-state index in [0.717, 1.165) is 11.4 Å². The Hall–Kier alpha value is -2.28. The van der Waals surface area contributed by atoms with Crippen LogP contribution in [0.3, 0.4) is 0 Å². The number of hydrogen-bond acceptors (Lipinski definition) is 3. The van der Waals surface area contributed by atoms with E-state index in [1.165, 1.54) is 17.4 Å². The van der Waals surface area contributed by atoms with Crippen LogP contribution in [0.2, 0.25) is 0 Å². The van der Waals surface area contributed by atoms with Crippen molar-refractivity contribution in [1.29, 1.82) is 0 Å². The normalized spacial score (nSPS) is 10.2. The van der Waals surface area contributed by atoms with Crippen molar-refractivity contribution in [2.75, 3.05) is 10.7 Å². The van der Waals surface area contributed by atoms with E-state index in [9.17, 15) is 9.59 Å². The van der Waals surface area contributed by atoms with Crippen LogP contribution in [-0.4, -0.2) is 21.8 Å². The summed E-state index contributed by atoms with van der Waals surface area (Å²) >= 11 is 1.17. The van der Waals surface area contributed by atoms with Crippen molar-refractivity contribution in [3.63, 3.8) is 0 Å². The van der Waals surface area contributed by atoms with Crippen LogP contribution in [0.4, 0.5) is 9.80 Å². The molecule has 0 spiro atoms. The van der Waals surface area contributed by atoms with E-state index in [1.807, 2.05) is 26.0 Å². The standard InChI is InChI=1S/C12H13N3O3S/c1-7-3-4-8(2)15(7)14-12(18)13-10-9(11(16)17)5-6-19-10/h3-6H,1-2H3,(H,16,17)(H2,13,14,18). The van der Waals surface area contributed by atoms with Gasteiger partial charge < -0.3 is 5.11 Å². The predicted octanol–water partition coefficient (Wildman–Crippen LogP) is 2.64. The third kappa shape index (κ3) is 2.76. The van der Waals surface area contributed by atoms with Crippen molar-refractivity contribution in [1.82, 2.24) is 4.68 Å². The number of carboxylic acids is 1. The molecule has 2 aromatic heterocycles. The summed E-state index contributed by atoms with van der Waals surface area (Å²) in [4.78, 5) is 22.7. The molecule has 2 heterocycles. The SMILES string of the molecule is Cc1ccc(C)n1NC(=O)Nc1sccc1C(=O)O. The molecule has 0 radical (unpaired) electrons. The molecule has 0 saturated heterocycles. The molecule has 6 nitrogen and oxygen atoms in total. The molecule has 0 aromatic carbocycles. The van der Waals surface area contributed by atoms with Crippen LogP contribution in [0.15, 0.2) is 23.6 Å². The lowest BCUT2D eigenvalue weighted by Gasteiger charge is -2.11. The summed E-state index contributed by atoms with van der Waals surface area (Å²) in [6.45, 7) is 3.72. The summed E-state index contributed by atoms with van der Waals surface area (Å²) in [5.74, 6) is -1.06. The molecule has 0 atom stereocenters. The molecule has 100 valence electrons. The third-order valence-corrected chi connectivity index (χ3v) is 3.44. The van der Waals surface area contributed by atoms with Crippen LogP contribution in [0.1, 0.15) is 21.7 Å². The highest BCUT2D eigenvalue weighted by Gasteiger charge is 2.14. The number of rotatable bonds is 3. The molecule has 0 unspecified atom stereocenters. The van der Waals surface area contributed by atoms with Crippen molar-refractivity contribution < 1.29 is 14.7 Å². The van der Waals surface area contributed by atoms with Gasteiger partial charge in [0.2, 0.25) is 0 Å². The molecule has 0 aliphatic heterocycles. The topological polar surface area (TPSA) is 83.4 Å². The first-order valence-corrected chi connectivity index (χ1v) is 6.40. The average molecular weight is 279 g/mol. The van der Waals surface area contributed by atoms with E-state index in [1.54, 1.807) is 10.1 Å². The fraction of sp³-hybridized carbons (Fsp3) is 0.167. The Morgan fingerprint density at radius 2 is 1.84 bits per heavy atom. The molecular weight excluding hydrogens is 266 g/mol. The molecule has 3 N–H and O–H groups in total. The minimum atomic E-state index is -1.06. The highest BCUT2D eigenvalue weighted by Crippen LogP contribution is 2.23. The number of anilines is 1. The molecule has 0 saturated carbocycles. The quantitative estimate of drug-likeness (QED) is 0.807. The van der Waals surface area contributed by atoms with Gasteiger partial charge in [0.1, 0.15) is 5.00 Å². The van der Waals surface area contributed by atoms with E-state index >= 15 is 0 Å². The van der Waals surface area contributed by atoms with Gasteiger partial charge in [-0.15, -0.1) is 11.3 Å². The number of amides is 2. The monoisotopic (exact) mass is 279 g/mol. The first-order valence-electron chi connectivity index (χ1n) is 5.53. The summed E-state index contributed by atoms with van der Waals surface area (Å²) in [6.07, 6.45) is 0. The maximum absolute atomic E-state index is 11.8. The van der Waals surface area contributed by atoms with E-state index in [4.69, 9.17) is 5.11 Å². The van der Waals surface area contributed by atoms with Crippen LogP contribution in [-0.2, 0) is 0 Å². The van der Waals surface area contributed by atoms with Gasteiger partial charge in [-0.1, -0.05) is 0 Å². The molecule has 0 aliphatic carbocycles.